The Morgan fingerprint density at radius 3 is 2.89 bits per heavy atom. The molecule has 3 heterocycles. The summed E-state index contributed by atoms with van der Waals surface area (Å²) in [5.74, 6) is 0.0249. The number of hydrogen-bond donors (Lipinski definition) is 0. The summed E-state index contributed by atoms with van der Waals surface area (Å²) in [6.07, 6.45) is 2.33. The Labute approximate surface area is 155 Å². The van der Waals surface area contributed by atoms with Crippen molar-refractivity contribution < 1.29 is 13.7 Å². The summed E-state index contributed by atoms with van der Waals surface area (Å²) < 4.78 is 22.5. The number of rotatable bonds is 4. The lowest BCUT2D eigenvalue weighted by Gasteiger charge is -2.35. The zero-order chi connectivity index (χ0) is 18.9. The molecule has 1 atom stereocenters. The van der Waals surface area contributed by atoms with Gasteiger partial charge in [-0.3, -0.25) is 9.48 Å². The Balaban J connectivity index is 1.57. The van der Waals surface area contributed by atoms with Gasteiger partial charge in [-0.05, 0) is 25.8 Å². The first kappa shape index (κ1) is 17.4. The van der Waals surface area contributed by atoms with E-state index in [4.69, 9.17) is 4.52 Å². The standard InChI is InChI=1S/C19H20FN5O2/c1-2-25-15(9-11-21-25)17(26)24-12-6-10-19(20,13-24)18-22-16(23-27-18)14-7-4-3-5-8-14/h3-5,7-9,11H,2,6,10,12-13H2,1H3. The molecule has 1 aliphatic heterocycles. The summed E-state index contributed by atoms with van der Waals surface area (Å²) in [5, 5.41) is 8.03. The highest BCUT2D eigenvalue weighted by molar-refractivity contribution is 5.92. The van der Waals surface area contributed by atoms with Gasteiger partial charge in [-0.25, -0.2) is 4.39 Å². The number of benzene rings is 1. The molecule has 140 valence electrons. The van der Waals surface area contributed by atoms with Crippen LogP contribution in [0.2, 0.25) is 0 Å². The molecule has 1 aliphatic rings. The monoisotopic (exact) mass is 369 g/mol. The van der Waals surface area contributed by atoms with Crippen LogP contribution < -0.4 is 0 Å². The van der Waals surface area contributed by atoms with Crippen LogP contribution >= 0.6 is 0 Å². The molecule has 27 heavy (non-hydrogen) atoms. The van der Waals surface area contributed by atoms with Crippen molar-refractivity contribution in [2.24, 2.45) is 0 Å². The largest absolute Gasteiger partial charge is 0.335 e. The van der Waals surface area contributed by atoms with Crippen LogP contribution in [0, 0.1) is 0 Å². The van der Waals surface area contributed by atoms with Gasteiger partial charge in [0.1, 0.15) is 5.69 Å². The summed E-state index contributed by atoms with van der Waals surface area (Å²) >= 11 is 0. The van der Waals surface area contributed by atoms with Crippen LogP contribution in [0.3, 0.4) is 0 Å². The van der Waals surface area contributed by atoms with Crippen molar-refractivity contribution in [1.29, 1.82) is 0 Å². The van der Waals surface area contributed by atoms with Gasteiger partial charge in [0.15, 0.2) is 0 Å². The normalized spacial score (nSPS) is 20.0. The molecule has 0 aliphatic carbocycles. The topological polar surface area (TPSA) is 77.1 Å². The number of hydrogen-bond acceptors (Lipinski definition) is 5. The first-order chi connectivity index (χ1) is 13.1. The Hall–Kier alpha value is -3.03. The SMILES string of the molecule is CCn1nccc1C(=O)N1CCCC(F)(c2nc(-c3ccccc3)no2)C1. The highest BCUT2D eigenvalue weighted by Gasteiger charge is 2.44. The van der Waals surface area contributed by atoms with E-state index in [9.17, 15) is 4.79 Å². The first-order valence-electron chi connectivity index (χ1n) is 9.00. The number of alkyl halides is 1. The van der Waals surface area contributed by atoms with E-state index in [2.05, 4.69) is 15.2 Å². The molecule has 1 saturated heterocycles. The summed E-state index contributed by atoms with van der Waals surface area (Å²) in [4.78, 5) is 18.6. The molecule has 0 N–H and O–H groups in total. The van der Waals surface area contributed by atoms with Crippen LogP contribution in [0.1, 0.15) is 36.1 Å². The van der Waals surface area contributed by atoms with E-state index in [1.54, 1.807) is 16.9 Å². The quantitative estimate of drug-likeness (QED) is 0.706. The van der Waals surface area contributed by atoms with Gasteiger partial charge in [-0.15, -0.1) is 0 Å². The van der Waals surface area contributed by atoms with E-state index >= 15 is 4.39 Å². The molecule has 1 amide bonds. The Bertz CT molecular complexity index is 938. The number of halogens is 1. The molecule has 0 spiro atoms. The van der Waals surface area contributed by atoms with Gasteiger partial charge in [0.25, 0.3) is 11.8 Å². The molecule has 1 fully saturated rings. The van der Waals surface area contributed by atoms with Crippen LogP contribution in [-0.4, -0.2) is 43.8 Å². The molecule has 7 nitrogen and oxygen atoms in total. The molecule has 1 unspecified atom stereocenters. The van der Waals surface area contributed by atoms with Crippen molar-refractivity contribution in [3.63, 3.8) is 0 Å². The number of aryl methyl sites for hydroxylation is 1. The fourth-order valence-corrected chi connectivity index (χ4v) is 3.40. The Morgan fingerprint density at radius 2 is 2.11 bits per heavy atom. The van der Waals surface area contributed by atoms with Gasteiger partial charge < -0.3 is 9.42 Å². The van der Waals surface area contributed by atoms with E-state index in [0.717, 1.165) is 5.56 Å². The second-order valence-electron chi connectivity index (χ2n) is 6.62. The number of piperidine rings is 1. The number of amides is 1. The van der Waals surface area contributed by atoms with Crippen molar-refractivity contribution in [3.8, 4) is 11.4 Å². The molecule has 0 radical (unpaired) electrons. The summed E-state index contributed by atoms with van der Waals surface area (Å²) in [7, 11) is 0. The van der Waals surface area contributed by atoms with Gasteiger partial charge in [-0.1, -0.05) is 35.5 Å². The third-order valence-corrected chi connectivity index (χ3v) is 4.81. The number of nitrogens with zero attached hydrogens (tertiary/aromatic N) is 5. The molecule has 3 aromatic rings. The summed E-state index contributed by atoms with van der Waals surface area (Å²) in [6, 6.07) is 10.9. The zero-order valence-corrected chi connectivity index (χ0v) is 15.0. The maximum absolute atomic E-state index is 15.7. The van der Waals surface area contributed by atoms with Crippen LogP contribution in [0.15, 0.2) is 47.1 Å². The number of carbonyl (C=O) groups excluding carboxylic acids is 1. The van der Waals surface area contributed by atoms with Gasteiger partial charge in [0, 0.05) is 24.8 Å². The van der Waals surface area contributed by atoms with Crippen LogP contribution in [-0.2, 0) is 12.2 Å². The van der Waals surface area contributed by atoms with Gasteiger partial charge >= 0.3 is 0 Å². The lowest BCUT2D eigenvalue weighted by molar-refractivity contribution is 0.0146. The maximum Gasteiger partial charge on any atom is 0.272 e. The van der Waals surface area contributed by atoms with Crippen molar-refractivity contribution in [2.45, 2.75) is 32.0 Å². The fraction of sp³-hybridized carbons (Fsp3) is 0.368. The van der Waals surface area contributed by atoms with E-state index in [-0.39, 0.29) is 24.8 Å². The highest BCUT2D eigenvalue weighted by atomic mass is 19.1. The van der Waals surface area contributed by atoms with Crippen LogP contribution in [0.4, 0.5) is 4.39 Å². The second kappa shape index (κ2) is 6.94. The third-order valence-electron chi connectivity index (χ3n) is 4.81. The zero-order valence-electron chi connectivity index (χ0n) is 15.0. The predicted octanol–water partition coefficient (Wildman–Crippen LogP) is 3.05. The molecule has 8 heteroatoms. The average Bonchev–Trinajstić information content (AvgIpc) is 3.38. The molecule has 2 aromatic heterocycles. The molecule has 0 saturated carbocycles. The van der Waals surface area contributed by atoms with Gasteiger partial charge in [0.2, 0.25) is 11.5 Å². The highest BCUT2D eigenvalue weighted by Crippen LogP contribution is 2.36. The minimum absolute atomic E-state index is 0.0807. The van der Waals surface area contributed by atoms with E-state index in [0.29, 0.717) is 31.0 Å². The van der Waals surface area contributed by atoms with Crippen LogP contribution in [0.5, 0.6) is 0 Å². The molecule has 0 bridgehead atoms. The van der Waals surface area contributed by atoms with Crippen molar-refractivity contribution in [3.05, 3.63) is 54.2 Å². The average molecular weight is 369 g/mol. The van der Waals surface area contributed by atoms with Crippen LogP contribution in [0.25, 0.3) is 11.4 Å². The Kier molecular flexibility index (Phi) is 4.47. The predicted molar refractivity (Wildman–Crippen MR) is 95.6 cm³/mol. The molecular weight excluding hydrogens is 349 g/mol. The number of likely N-dealkylation sites (tertiary alicyclic amines) is 1. The smallest absolute Gasteiger partial charge is 0.272 e. The minimum atomic E-state index is -1.86. The van der Waals surface area contributed by atoms with Gasteiger partial charge in [0.05, 0.1) is 6.54 Å². The molecular formula is C19H20FN5O2. The number of aromatic nitrogens is 4. The Morgan fingerprint density at radius 1 is 1.30 bits per heavy atom. The van der Waals surface area contributed by atoms with E-state index in [1.165, 1.54) is 4.90 Å². The van der Waals surface area contributed by atoms with Crippen molar-refractivity contribution in [2.75, 3.05) is 13.1 Å². The summed E-state index contributed by atoms with van der Waals surface area (Å²) in [6.45, 7) is 2.85. The van der Waals surface area contributed by atoms with E-state index < -0.39 is 5.67 Å². The van der Waals surface area contributed by atoms with E-state index in [1.807, 2.05) is 37.3 Å². The minimum Gasteiger partial charge on any atom is -0.335 e. The molecule has 4 rings (SSSR count). The molecule has 1 aromatic carbocycles. The van der Waals surface area contributed by atoms with Crippen molar-refractivity contribution in [1.82, 2.24) is 24.8 Å². The van der Waals surface area contributed by atoms with Gasteiger partial charge in [-0.2, -0.15) is 10.1 Å². The van der Waals surface area contributed by atoms with Crippen molar-refractivity contribution >= 4 is 5.91 Å². The third kappa shape index (κ3) is 3.22. The lowest BCUT2D eigenvalue weighted by Crippen LogP contribution is -2.47. The lowest BCUT2D eigenvalue weighted by atomic mass is 9.94. The second-order valence-corrected chi connectivity index (χ2v) is 6.62. The maximum atomic E-state index is 15.7. The summed E-state index contributed by atoms with van der Waals surface area (Å²) in [5.41, 5.74) is -0.644. The number of carbonyl (C=O) groups is 1. The fourth-order valence-electron chi connectivity index (χ4n) is 3.40. The first-order valence-corrected chi connectivity index (χ1v) is 9.00.